The third-order valence-electron chi connectivity index (χ3n) is 4.49. The minimum atomic E-state index is 0.517. The molecule has 0 spiro atoms. The van der Waals surface area contributed by atoms with Crippen molar-refractivity contribution in [3.05, 3.63) is 41.1 Å². The van der Waals surface area contributed by atoms with Gasteiger partial charge in [-0.1, -0.05) is 33.8 Å². The topological polar surface area (TPSA) is 44.0 Å². The molecule has 2 N–H and O–H groups in total. The van der Waals surface area contributed by atoms with Crippen LogP contribution in [0, 0.1) is 0 Å². The maximum atomic E-state index is 4.55. The number of rotatable bonds is 8. The van der Waals surface area contributed by atoms with E-state index in [1.54, 1.807) is 0 Å². The van der Waals surface area contributed by atoms with Crippen LogP contribution in [0.2, 0.25) is 0 Å². The van der Waals surface area contributed by atoms with Crippen molar-refractivity contribution in [1.82, 2.24) is 20.4 Å². The fraction of sp³-hybridized carbons (Fsp3) is 0.550. The van der Waals surface area contributed by atoms with E-state index in [-0.39, 0.29) is 0 Å². The van der Waals surface area contributed by atoms with Crippen molar-refractivity contribution < 1.29 is 0 Å². The molecule has 4 nitrogen and oxygen atoms in total. The first-order valence-corrected chi connectivity index (χ1v) is 8.93. The minimum Gasteiger partial charge on any atom is -0.318 e. The highest BCUT2D eigenvalue weighted by Crippen LogP contribution is 2.30. The number of nitrogens with one attached hydrogen (secondary N) is 2. The molecule has 0 saturated heterocycles. The Morgan fingerprint density at radius 3 is 2.25 bits per heavy atom. The van der Waals surface area contributed by atoms with E-state index in [4.69, 9.17) is 0 Å². The molecule has 1 aromatic heterocycles. The van der Waals surface area contributed by atoms with E-state index in [0.717, 1.165) is 25.3 Å². The van der Waals surface area contributed by atoms with Gasteiger partial charge in [-0.15, -0.1) is 0 Å². The van der Waals surface area contributed by atoms with E-state index in [0.29, 0.717) is 11.8 Å². The Morgan fingerprint density at radius 2 is 1.71 bits per heavy atom. The van der Waals surface area contributed by atoms with Crippen LogP contribution in [0.4, 0.5) is 0 Å². The van der Waals surface area contributed by atoms with E-state index in [1.165, 1.54) is 22.3 Å². The monoisotopic (exact) mass is 328 g/mol. The van der Waals surface area contributed by atoms with Gasteiger partial charge in [0.1, 0.15) is 0 Å². The molecule has 2 rings (SSSR count). The van der Waals surface area contributed by atoms with Crippen molar-refractivity contribution in [2.75, 3.05) is 27.2 Å². The summed E-state index contributed by atoms with van der Waals surface area (Å²) in [5.41, 5.74) is 6.32. The Balaban J connectivity index is 2.33. The van der Waals surface area contributed by atoms with Crippen molar-refractivity contribution in [3.8, 4) is 11.3 Å². The van der Waals surface area contributed by atoms with Crippen LogP contribution in [0.3, 0.4) is 0 Å². The van der Waals surface area contributed by atoms with Crippen LogP contribution in [0.25, 0.3) is 11.3 Å². The molecule has 132 valence electrons. The predicted molar refractivity (Wildman–Crippen MR) is 102 cm³/mol. The highest BCUT2D eigenvalue weighted by atomic mass is 15.1. The normalized spacial score (nSPS) is 11.9. The summed E-state index contributed by atoms with van der Waals surface area (Å²) in [6.07, 6.45) is 2.03. The Labute approximate surface area is 146 Å². The largest absolute Gasteiger partial charge is 0.318 e. The zero-order chi connectivity index (χ0) is 17.7. The number of hydrogen-bond donors (Lipinski definition) is 2. The fourth-order valence-corrected chi connectivity index (χ4v) is 2.84. The van der Waals surface area contributed by atoms with Crippen LogP contribution in [0.15, 0.2) is 24.4 Å². The molecule has 0 fully saturated rings. The number of benzene rings is 1. The molecule has 2 aromatic rings. The molecule has 24 heavy (non-hydrogen) atoms. The van der Waals surface area contributed by atoms with Gasteiger partial charge in [0.25, 0.3) is 0 Å². The van der Waals surface area contributed by atoms with Crippen LogP contribution in [-0.2, 0) is 6.54 Å². The third-order valence-corrected chi connectivity index (χ3v) is 4.49. The summed E-state index contributed by atoms with van der Waals surface area (Å²) in [6.45, 7) is 11.9. The fourth-order valence-electron chi connectivity index (χ4n) is 2.84. The summed E-state index contributed by atoms with van der Waals surface area (Å²) in [5.74, 6) is 1.03. The molecular formula is C20H32N4. The lowest BCUT2D eigenvalue weighted by Gasteiger charge is -2.17. The summed E-state index contributed by atoms with van der Waals surface area (Å²) in [4.78, 5) is 2.32. The van der Waals surface area contributed by atoms with Crippen LogP contribution in [-0.4, -0.2) is 42.3 Å². The van der Waals surface area contributed by atoms with Gasteiger partial charge in [-0.25, -0.2) is 0 Å². The number of aromatic amines is 1. The van der Waals surface area contributed by atoms with Gasteiger partial charge in [0.2, 0.25) is 0 Å². The number of likely N-dealkylation sites (N-methyl/N-ethyl adjacent to an activating group) is 2. The van der Waals surface area contributed by atoms with E-state index in [9.17, 15) is 0 Å². The molecule has 0 bridgehead atoms. The van der Waals surface area contributed by atoms with Crippen LogP contribution >= 0.6 is 0 Å². The maximum absolute atomic E-state index is 4.55. The number of hydrogen-bond acceptors (Lipinski definition) is 3. The molecule has 1 aromatic carbocycles. The molecule has 4 heteroatoms. The van der Waals surface area contributed by atoms with Crippen LogP contribution in [0.1, 0.15) is 56.2 Å². The number of nitrogens with zero attached hydrogens (tertiary/aromatic N) is 2. The Kier molecular flexibility index (Phi) is 6.58. The lowest BCUT2D eigenvalue weighted by Crippen LogP contribution is -2.27. The molecule has 0 amide bonds. The smallest absolute Gasteiger partial charge is 0.0965 e. The maximum Gasteiger partial charge on any atom is 0.0965 e. The molecule has 1 heterocycles. The second-order valence-corrected chi connectivity index (χ2v) is 7.30. The lowest BCUT2D eigenvalue weighted by molar-refractivity contribution is 0.328. The summed E-state index contributed by atoms with van der Waals surface area (Å²) >= 11 is 0. The van der Waals surface area contributed by atoms with E-state index >= 15 is 0 Å². The SMILES string of the molecule is CNCCN(C)Cc1c[nH]nc1-c1cc(C(C)C)cc(C(C)C)c1. The molecule has 0 aliphatic rings. The Hall–Kier alpha value is -1.65. The van der Waals surface area contributed by atoms with Crippen molar-refractivity contribution in [2.24, 2.45) is 0 Å². The predicted octanol–water partition coefficient (Wildman–Crippen LogP) is 3.97. The van der Waals surface area contributed by atoms with Crippen molar-refractivity contribution in [1.29, 1.82) is 0 Å². The van der Waals surface area contributed by atoms with E-state index < -0.39 is 0 Å². The Morgan fingerprint density at radius 1 is 1.08 bits per heavy atom. The van der Waals surface area contributed by atoms with Gasteiger partial charge >= 0.3 is 0 Å². The van der Waals surface area contributed by atoms with E-state index in [2.05, 4.69) is 73.4 Å². The first kappa shape index (κ1) is 18.7. The van der Waals surface area contributed by atoms with Gasteiger partial charge in [0.15, 0.2) is 0 Å². The van der Waals surface area contributed by atoms with Crippen LogP contribution in [0.5, 0.6) is 0 Å². The van der Waals surface area contributed by atoms with Crippen molar-refractivity contribution in [3.63, 3.8) is 0 Å². The van der Waals surface area contributed by atoms with Crippen LogP contribution < -0.4 is 5.32 Å². The third kappa shape index (κ3) is 4.68. The highest BCUT2D eigenvalue weighted by molar-refractivity contribution is 5.65. The zero-order valence-corrected chi connectivity index (χ0v) is 16.0. The van der Waals surface area contributed by atoms with Crippen molar-refractivity contribution >= 4 is 0 Å². The Bertz CT molecular complexity index is 617. The highest BCUT2D eigenvalue weighted by Gasteiger charge is 2.14. The van der Waals surface area contributed by atoms with Gasteiger partial charge in [-0.3, -0.25) is 5.10 Å². The minimum absolute atomic E-state index is 0.517. The molecule has 0 aliphatic heterocycles. The van der Waals surface area contributed by atoms with Gasteiger partial charge in [-0.05, 0) is 49.2 Å². The van der Waals surface area contributed by atoms with Gasteiger partial charge in [0.05, 0.1) is 5.69 Å². The first-order chi connectivity index (χ1) is 11.4. The second kappa shape index (κ2) is 8.45. The summed E-state index contributed by atoms with van der Waals surface area (Å²) < 4.78 is 0. The second-order valence-electron chi connectivity index (χ2n) is 7.30. The summed E-state index contributed by atoms with van der Waals surface area (Å²) in [5, 5.41) is 10.8. The summed E-state index contributed by atoms with van der Waals surface area (Å²) in [6, 6.07) is 6.93. The molecular weight excluding hydrogens is 296 g/mol. The quantitative estimate of drug-likeness (QED) is 0.770. The molecule has 0 aliphatic carbocycles. The number of aromatic nitrogens is 2. The average Bonchev–Trinajstić information content (AvgIpc) is 3.00. The average molecular weight is 329 g/mol. The summed E-state index contributed by atoms with van der Waals surface area (Å²) in [7, 11) is 4.14. The van der Waals surface area contributed by atoms with Crippen molar-refractivity contribution in [2.45, 2.75) is 46.1 Å². The van der Waals surface area contributed by atoms with E-state index in [1.807, 2.05) is 13.2 Å². The first-order valence-electron chi connectivity index (χ1n) is 8.93. The van der Waals surface area contributed by atoms with Gasteiger partial charge in [-0.2, -0.15) is 5.10 Å². The number of H-pyrrole nitrogens is 1. The molecule has 0 radical (unpaired) electrons. The molecule has 0 saturated carbocycles. The standard InChI is InChI=1S/C20H32N4/c1-14(2)16-9-17(15(3)4)11-18(10-16)20-19(12-22-23-20)13-24(6)8-7-21-5/h9-12,14-15,21H,7-8,13H2,1-6H3,(H,22,23). The lowest BCUT2D eigenvalue weighted by atomic mass is 9.91. The van der Waals surface area contributed by atoms with Gasteiger partial charge < -0.3 is 10.2 Å². The molecule has 0 unspecified atom stereocenters. The zero-order valence-electron chi connectivity index (χ0n) is 16.0. The van der Waals surface area contributed by atoms with Gasteiger partial charge in [0, 0.05) is 37.0 Å². The molecule has 0 atom stereocenters.